The van der Waals surface area contributed by atoms with Gasteiger partial charge in [-0.15, -0.1) is 0 Å². The molecule has 1 atom stereocenters. The van der Waals surface area contributed by atoms with Crippen LogP contribution in [0.1, 0.15) is 25.1 Å². The van der Waals surface area contributed by atoms with E-state index in [1.807, 2.05) is 24.9 Å². The van der Waals surface area contributed by atoms with Crippen molar-refractivity contribution in [3.05, 3.63) is 11.9 Å². The average molecular weight is 310 g/mol. The maximum Gasteiger partial charge on any atom is 0.152 e. The summed E-state index contributed by atoms with van der Waals surface area (Å²) in [6.07, 6.45) is 3.09. The molecule has 0 bridgehead atoms. The third kappa shape index (κ3) is 3.12. The molecule has 1 aromatic rings. The molecule has 0 amide bonds. The van der Waals surface area contributed by atoms with Crippen LogP contribution >= 0.6 is 0 Å². The van der Waals surface area contributed by atoms with Crippen molar-refractivity contribution in [1.29, 1.82) is 0 Å². The van der Waals surface area contributed by atoms with Gasteiger partial charge in [0.15, 0.2) is 9.84 Å². The largest absolute Gasteiger partial charge is 0.356 e. The van der Waals surface area contributed by atoms with Crippen LogP contribution < -0.4 is 9.80 Å². The molecular formula is C14H22N4O2S. The lowest BCUT2D eigenvalue weighted by Gasteiger charge is -2.26. The molecule has 21 heavy (non-hydrogen) atoms. The number of hydrogen-bond acceptors (Lipinski definition) is 6. The van der Waals surface area contributed by atoms with Crippen molar-refractivity contribution in [2.75, 3.05) is 41.4 Å². The average Bonchev–Trinajstić information content (AvgIpc) is 3.06. The van der Waals surface area contributed by atoms with Gasteiger partial charge in [0.25, 0.3) is 0 Å². The van der Waals surface area contributed by atoms with Crippen LogP contribution in [-0.4, -0.2) is 56.1 Å². The molecule has 1 aromatic heterocycles. The van der Waals surface area contributed by atoms with Gasteiger partial charge in [0.1, 0.15) is 17.5 Å². The number of aromatic nitrogens is 2. The molecule has 6 nitrogen and oxygen atoms in total. The molecule has 2 aliphatic heterocycles. The lowest BCUT2D eigenvalue weighted by Crippen LogP contribution is -2.33. The van der Waals surface area contributed by atoms with Gasteiger partial charge in [-0.05, 0) is 26.2 Å². The molecule has 2 aliphatic rings. The van der Waals surface area contributed by atoms with Crippen LogP contribution in [0.4, 0.5) is 11.6 Å². The van der Waals surface area contributed by atoms with E-state index in [0.717, 1.165) is 30.5 Å². The lowest BCUT2D eigenvalue weighted by atomic mass is 10.2. The van der Waals surface area contributed by atoms with Gasteiger partial charge in [0.05, 0.1) is 11.5 Å². The SMILES string of the molecule is Cc1nc(N2CCCC2)cc(N(C)C2CCS(=O)(=O)C2)n1. The van der Waals surface area contributed by atoms with Gasteiger partial charge >= 0.3 is 0 Å². The Bertz CT molecular complexity index is 626. The third-order valence-corrected chi connectivity index (χ3v) is 6.11. The monoisotopic (exact) mass is 310 g/mol. The van der Waals surface area contributed by atoms with Crippen LogP contribution in [0.5, 0.6) is 0 Å². The number of aryl methyl sites for hydroxylation is 1. The second-order valence-corrected chi connectivity index (χ2v) is 8.22. The molecule has 0 N–H and O–H groups in total. The lowest BCUT2D eigenvalue weighted by molar-refractivity contribution is 0.600. The fraction of sp³-hybridized carbons (Fsp3) is 0.714. The van der Waals surface area contributed by atoms with Crippen LogP contribution in [0, 0.1) is 6.92 Å². The van der Waals surface area contributed by atoms with Gasteiger partial charge in [0, 0.05) is 32.2 Å². The number of anilines is 2. The molecule has 116 valence electrons. The number of nitrogens with zero attached hydrogens (tertiary/aromatic N) is 4. The van der Waals surface area contributed by atoms with Crippen molar-refractivity contribution in [2.45, 2.75) is 32.2 Å². The first-order valence-corrected chi connectivity index (χ1v) is 9.31. The Hall–Kier alpha value is -1.37. The minimum Gasteiger partial charge on any atom is -0.356 e. The molecule has 2 fully saturated rings. The minimum atomic E-state index is -2.88. The number of hydrogen-bond donors (Lipinski definition) is 0. The molecule has 0 aromatic carbocycles. The second-order valence-electron chi connectivity index (χ2n) is 5.99. The van der Waals surface area contributed by atoms with Gasteiger partial charge < -0.3 is 9.80 Å². The molecule has 2 saturated heterocycles. The Morgan fingerprint density at radius 2 is 2.00 bits per heavy atom. The van der Waals surface area contributed by atoms with E-state index < -0.39 is 9.84 Å². The number of rotatable bonds is 3. The van der Waals surface area contributed by atoms with E-state index in [-0.39, 0.29) is 17.5 Å². The smallest absolute Gasteiger partial charge is 0.152 e. The van der Waals surface area contributed by atoms with Gasteiger partial charge in [-0.3, -0.25) is 0 Å². The fourth-order valence-electron chi connectivity index (χ4n) is 3.09. The summed E-state index contributed by atoms with van der Waals surface area (Å²) in [6.45, 7) is 3.97. The minimum absolute atomic E-state index is 0.0238. The van der Waals surface area contributed by atoms with E-state index in [2.05, 4.69) is 14.9 Å². The summed E-state index contributed by atoms with van der Waals surface area (Å²) >= 11 is 0. The predicted molar refractivity (Wildman–Crippen MR) is 83.7 cm³/mol. The van der Waals surface area contributed by atoms with Crippen molar-refractivity contribution in [3.8, 4) is 0 Å². The Balaban J connectivity index is 1.84. The van der Waals surface area contributed by atoms with E-state index in [1.54, 1.807) is 0 Å². The highest BCUT2D eigenvalue weighted by Crippen LogP contribution is 2.25. The van der Waals surface area contributed by atoms with E-state index >= 15 is 0 Å². The van der Waals surface area contributed by atoms with Crippen molar-refractivity contribution >= 4 is 21.5 Å². The zero-order valence-electron chi connectivity index (χ0n) is 12.6. The quantitative estimate of drug-likeness (QED) is 0.830. The molecule has 1 unspecified atom stereocenters. The predicted octanol–water partition coefficient (Wildman–Crippen LogP) is 1.01. The summed E-state index contributed by atoms with van der Waals surface area (Å²) in [5.74, 6) is 3.03. The standard InChI is InChI=1S/C14H22N4O2S/c1-11-15-13(9-14(16-11)18-6-3-4-7-18)17(2)12-5-8-21(19,20)10-12/h9,12H,3-8,10H2,1-2H3. The molecule has 0 saturated carbocycles. The molecule has 0 spiro atoms. The van der Waals surface area contributed by atoms with Gasteiger partial charge in [-0.2, -0.15) is 0 Å². The molecule has 3 heterocycles. The van der Waals surface area contributed by atoms with Gasteiger partial charge in [0.2, 0.25) is 0 Å². The summed E-state index contributed by atoms with van der Waals surface area (Å²) in [4.78, 5) is 13.3. The molecule has 0 aliphatic carbocycles. The summed E-state index contributed by atoms with van der Waals surface area (Å²) in [5, 5.41) is 0. The van der Waals surface area contributed by atoms with Crippen LogP contribution in [0.3, 0.4) is 0 Å². The zero-order chi connectivity index (χ0) is 15.0. The van der Waals surface area contributed by atoms with E-state index in [9.17, 15) is 8.42 Å². The van der Waals surface area contributed by atoms with Crippen LogP contribution in [0.15, 0.2) is 6.07 Å². The first-order valence-electron chi connectivity index (χ1n) is 7.48. The topological polar surface area (TPSA) is 66.4 Å². The summed E-state index contributed by atoms with van der Waals surface area (Å²) < 4.78 is 23.3. The van der Waals surface area contributed by atoms with Crippen LogP contribution in [0.2, 0.25) is 0 Å². The summed E-state index contributed by atoms with van der Waals surface area (Å²) in [7, 11) is -0.948. The first kappa shape index (κ1) is 14.6. The van der Waals surface area contributed by atoms with Crippen LogP contribution in [0.25, 0.3) is 0 Å². The Kier molecular flexibility index (Phi) is 3.77. The summed E-state index contributed by atoms with van der Waals surface area (Å²) in [6, 6.07) is 2.01. The summed E-state index contributed by atoms with van der Waals surface area (Å²) in [5.41, 5.74) is 0. The highest BCUT2D eigenvalue weighted by atomic mass is 32.2. The number of sulfone groups is 1. The molecular weight excluding hydrogens is 288 g/mol. The van der Waals surface area contributed by atoms with E-state index in [0.29, 0.717) is 6.42 Å². The van der Waals surface area contributed by atoms with Crippen molar-refractivity contribution in [3.63, 3.8) is 0 Å². The molecule has 3 rings (SSSR count). The van der Waals surface area contributed by atoms with Gasteiger partial charge in [-0.25, -0.2) is 18.4 Å². The maximum atomic E-state index is 11.7. The maximum absolute atomic E-state index is 11.7. The van der Waals surface area contributed by atoms with Crippen molar-refractivity contribution in [1.82, 2.24) is 9.97 Å². The van der Waals surface area contributed by atoms with Gasteiger partial charge in [-0.1, -0.05) is 0 Å². The fourth-order valence-corrected chi connectivity index (χ4v) is 4.87. The first-order chi connectivity index (χ1) is 9.94. The zero-order valence-corrected chi connectivity index (χ0v) is 13.4. The Morgan fingerprint density at radius 3 is 2.62 bits per heavy atom. The molecule has 0 radical (unpaired) electrons. The normalized spacial score (nSPS) is 24.5. The van der Waals surface area contributed by atoms with E-state index in [1.165, 1.54) is 12.8 Å². The van der Waals surface area contributed by atoms with Crippen LogP contribution in [-0.2, 0) is 9.84 Å². The van der Waals surface area contributed by atoms with E-state index in [4.69, 9.17) is 0 Å². The highest BCUT2D eigenvalue weighted by Gasteiger charge is 2.31. The Morgan fingerprint density at radius 1 is 1.29 bits per heavy atom. The Labute approximate surface area is 126 Å². The van der Waals surface area contributed by atoms with Crippen molar-refractivity contribution in [2.24, 2.45) is 0 Å². The highest BCUT2D eigenvalue weighted by molar-refractivity contribution is 7.91. The molecule has 7 heteroatoms. The second kappa shape index (κ2) is 5.44. The third-order valence-electron chi connectivity index (χ3n) is 4.36. The van der Waals surface area contributed by atoms with Crippen molar-refractivity contribution < 1.29 is 8.42 Å².